The standard InChI is InChI=1S/C38H23NOS/c1-3-11-24(12-4-1)27-16-9-18-29-30-19-10-17-28(37(30)40-36(27)29)25-21-22-34-32(23-25)35-38(41-34)31-15-7-8-20-33(31)39(35)26-13-5-2-6-14-26/h1-23H. The van der Waals surface area contributed by atoms with Crippen LogP contribution in [-0.2, 0) is 0 Å². The number of furan rings is 1. The van der Waals surface area contributed by atoms with Crippen LogP contribution in [0.5, 0.6) is 0 Å². The molecule has 9 aromatic rings. The minimum Gasteiger partial charge on any atom is -0.455 e. The maximum Gasteiger partial charge on any atom is 0.143 e. The Morgan fingerprint density at radius 1 is 0.488 bits per heavy atom. The highest BCUT2D eigenvalue weighted by molar-refractivity contribution is 7.26. The average molecular weight is 542 g/mol. The smallest absolute Gasteiger partial charge is 0.143 e. The highest BCUT2D eigenvalue weighted by atomic mass is 32.1. The second-order valence-electron chi connectivity index (χ2n) is 10.5. The second kappa shape index (κ2) is 8.69. The topological polar surface area (TPSA) is 18.1 Å². The third-order valence-corrected chi connectivity index (χ3v) is 9.40. The lowest BCUT2D eigenvalue weighted by Gasteiger charge is -2.08. The average Bonchev–Trinajstić information content (AvgIpc) is 3.70. The molecule has 41 heavy (non-hydrogen) atoms. The Balaban J connectivity index is 1.32. The fourth-order valence-corrected chi connectivity index (χ4v) is 7.58. The first-order valence-electron chi connectivity index (χ1n) is 13.9. The monoisotopic (exact) mass is 541 g/mol. The molecule has 3 heteroatoms. The van der Waals surface area contributed by atoms with Gasteiger partial charge in [0.2, 0.25) is 0 Å². The molecule has 0 radical (unpaired) electrons. The van der Waals surface area contributed by atoms with E-state index in [1.807, 2.05) is 11.3 Å². The first-order chi connectivity index (χ1) is 20.3. The van der Waals surface area contributed by atoms with Crippen LogP contribution in [0.25, 0.3) is 81.1 Å². The van der Waals surface area contributed by atoms with Crippen molar-refractivity contribution in [1.29, 1.82) is 0 Å². The Kier molecular flexibility index (Phi) is 4.80. The van der Waals surface area contributed by atoms with Crippen LogP contribution in [0, 0.1) is 0 Å². The highest BCUT2D eigenvalue weighted by Crippen LogP contribution is 2.45. The van der Waals surface area contributed by atoms with Gasteiger partial charge in [-0.1, -0.05) is 109 Å². The van der Waals surface area contributed by atoms with Crippen molar-refractivity contribution in [3.8, 4) is 27.9 Å². The second-order valence-corrected chi connectivity index (χ2v) is 11.6. The van der Waals surface area contributed by atoms with Gasteiger partial charge >= 0.3 is 0 Å². The Bertz CT molecular complexity index is 2410. The van der Waals surface area contributed by atoms with Gasteiger partial charge < -0.3 is 8.98 Å². The molecule has 192 valence electrons. The molecule has 6 aromatic carbocycles. The molecule has 0 bridgehead atoms. The summed E-state index contributed by atoms with van der Waals surface area (Å²) in [5.74, 6) is 0. The Morgan fingerprint density at radius 2 is 1.12 bits per heavy atom. The summed E-state index contributed by atoms with van der Waals surface area (Å²) in [6, 6.07) is 49.7. The van der Waals surface area contributed by atoms with Crippen molar-refractivity contribution in [1.82, 2.24) is 4.57 Å². The summed E-state index contributed by atoms with van der Waals surface area (Å²) in [5, 5.41) is 4.85. The summed E-state index contributed by atoms with van der Waals surface area (Å²) in [6.45, 7) is 0. The van der Waals surface area contributed by atoms with Crippen LogP contribution in [0.4, 0.5) is 0 Å². The molecule has 0 aliphatic heterocycles. The van der Waals surface area contributed by atoms with E-state index in [2.05, 4.69) is 144 Å². The van der Waals surface area contributed by atoms with Crippen molar-refractivity contribution in [2.45, 2.75) is 0 Å². The van der Waals surface area contributed by atoms with Crippen LogP contribution < -0.4 is 0 Å². The van der Waals surface area contributed by atoms with E-state index in [0.717, 1.165) is 44.2 Å². The molecule has 0 unspecified atom stereocenters. The molecule has 2 nitrogen and oxygen atoms in total. The fraction of sp³-hybridized carbons (Fsp3) is 0. The molecular weight excluding hydrogens is 518 g/mol. The van der Waals surface area contributed by atoms with Crippen molar-refractivity contribution in [3.05, 3.63) is 140 Å². The number of hydrogen-bond donors (Lipinski definition) is 0. The van der Waals surface area contributed by atoms with E-state index in [9.17, 15) is 0 Å². The molecule has 0 amide bonds. The minimum atomic E-state index is 0.931. The molecule has 0 atom stereocenters. The number of hydrogen-bond acceptors (Lipinski definition) is 2. The lowest BCUT2D eigenvalue weighted by atomic mass is 9.99. The summed E-state index contributed by atoms with van der Waals surface area (Å²) < 4.78 is 11.8. The maximum atomic E-state index is 6.74. The molecule has 3 aromatic heterocycles. The van der Waals surface area contributed by atoms with Crippen LogP contribution in [-0.4, -0.2) is 4.57 Å². The van der Waals surface area contributed by atoms with Gasteiger partial charge in [-0.2, -0.15) is 0 Å². The fourth-order valence-electron chi connectivity index (χ4n) is 6.38. The first kappa shape index (κ1) is 22.7. The van der Waals surface area contributed by atoms with Crippen molar-refractivity contribution >= 4 is 64.5 Å². The molecule has 0 spiro atoms. The lowest BCUT2D eigenvalue weighted by molar-refractivity contribution is 0.671. The van der Waals surface area contributed by atoms with E-state index in [0.29, 0.717) is 0 Å². The molecule has 0 N–H and O–H groups in total. The van der Waals surface area contributed by atoms with E-state index in [1.165, 1.54) is 36.9 Å². The predicted molar refractivity (Wildman–Crippen MR) is 174 cm³/mol. The zero-order chi connectivity index (χ0) is 26.9. The SMILES string of the molecule is c1ccc(-c2cccc3c2oc2c(-c4ccc5sc6c7ccccc7n(-c7ccccc7)c6c5c4)cccc23)cc1. The number of fused-ring (bicyclic) bond motifs is 8. The van der Waals surface area contributed by atoms with Gasteiger partial charge in [-0.25, -0.2) is 0 Å². The van der Waals surface area contributed by atoms with E-state index >= 15 is 0 Å². The van der Waals surface area contributed by atoms with Gasteiger partial charge in [0, 0.05) is 43.1 Å². The number of benzene rings is 6. The zero-order valence-electron chi connectivity index (χ0n) is 22.0. The van der Waals surface area contributed by atoms with Gasteiger partial charge in [0.1, 0.15) is 11.2 Å². The summed E-state index contributed by atoms with van der Waals surface area (Å²) >= 11 is 1.87. The quantitative estimate of drug-likeness (QED) is 0.217. The van der Waals surface area contributed by atoms with Gasteiger partial charge in [0.15, 0.2) is 0 Å². The summed E-state index contributed by atoms with van der Waals surface area (Å²) in [6.07, 6.45) is 0. The van der Waals surface area contributed by atoms with Crippen LogP contribution in [0.2, 0.25) is 0 Å². The van der Waals surface area contributed by atoms with Crippen molar-refractivity contribution < 1.29 is 4.42 Å². The number of nitrogens with zero attached hydrogens (tertiary/aromatic N) is 1. The van der Waals surface area contributed by atoms with Crippen LogP contribution in [0.15, 0.2) is 144 Å². The van der Waals surface area contributed by atoms with Gasteiger partial charge in [-0.3, -0.25) is 0 Å². The van der Waals surface area contributed by atoms with Gasteiger partial charge in [0.25, 0.3) is 0 Å². The third kappa shape index (κ3) is 3.30. The largest absolute Gasteiger partial charge is 0.455 e. The first-order valence-corrected chi connectivity index (χ1v) is 14.7. The maximum absolute atomic E-state index is 6.74. The predicted octanol–water partition coefficient (Wildman–Crippen LogP) is 11.2. The minimum absolute atomic E-state index is 0.931. The summed E-state index contributed by atoms with van der Waals surface area (Å²) in [7, 11) is 0. The normalized spacial score (nSPS) is 11.9. The van der Waals surface area contributed by atoms with E-state index in [4.69, 9.17) is 4.42 Å². The number of thiophene rings is 1. The number of para-hydroxylation sites is 4. The molecular formula is C38H23NOS. The summed E-state index contributed by atoms with van der Waals surface area (Å²) in [5.41, 5.74) is 10.1. The third-order valence-electron chi connectivity index (χ3n) is 8.21. The molecule has 0 fully saturated rings. The van der Waals surface area contributed by atoms with E-state index in [-0.39, 0.29) is 0 Å². The molecule has 9 rings (SSSR count). The Labute approximate surface area is 240 Å². The van der Waals surface area contributed by atoms with Gasteiger partial charge in [-0.05, 0) is 41.5 Å². The van der Waals surface area contributed by atoms with Crippen molar-refractivity contribution in [2.24, 2.45) is 0 Å². The van der Waals surface area contributed by atoms with Crippen LogP contribution in [0.1, 0.15) is 0 Å². The van der Waals surface area contributed by atoms with Crippen LogP contribution >= 0.6 is 11.3 Å². The van der Waals surface area contributed by atoms with Gasteiger partial charge in [0.05, 0.1) is 15.7 Å². The zero-order valence-corrected chi connectivity index (χ0v) is 22.9. The summed E-state index contributed by atoms with van der Waals surface area (Å²) in [4.78, 5) is 0. The van der Waals surface area contributed by atoms with Gasteiger partial charge in [-0.15, -0.1) is 11.3 Å². The lowest BCUT2D eigenvalue weighted by Crippen LogP contribution is -1.92. The molecule has 0 aliphatic carbocycles. The van der Waals surface area contributed by atoms with E-state index < -0.39 is 0 Å². The van der Waals surface area contributed by atoms with E-state index in [1.54, 1.807) is 0 Å². The molecule has 0 aliphatic rings. The van der Waals surface area contributed by atoms with Crippen molar-refractivity contribution in [2.75, 3.05) is 0 Å². The number of rotatable bonds is 3. The molecule has 0 saturated carbocycles. The number of aromatic nitrogens is 1. The Morgan fingerprint density at radius 3 is 1.88 bits per heavy atom. The molecule has 0 saturated heterocycles. The Hall–Kier alpha value is -5.12. The van der Waals surface area contributed by atoms with Crippen LogP contribution in [0.3, 0.4) is 0 Å². The molecule has 3 heterocycles. The van der Waals surface area contributed by atoms with Crippen molar-refractivity contribution in [3.63, 3.8) is 0 Å². The highest BCUT2D eigenvalue weighted by Gasteiger charge is 2.20.